The third kappa shape index (κ3) is 10.2. The summed E-state index contributed by atoms with van der Waals surface area (Å²) in [4.78, 5) is 17.7. The van der Waals surface area contributed by atoms with Gasteiger partial charge in [0.2, 0.25) is 5.91 Å². The number of rotatable bonds is 17. The molecule has 0 saturated heterocycles. The van der Waals surface area contributed by atoms with Crippen LogP contribution >= 0.6 is 0 Å². The highest BCUT2D eigenvalue weighted by atomic mass is 32.2. The Balaban J connectivity index is 1.40. The van der Waals surface area contributed by atoms with E-state index in [2.05, 4.69) is 17.2 Å². The van der Waals surface area contributed by atoms with E-state index in [1.807, 2.05) is 42.7 Å². The van der Waals surface area contributed by atoms with Crippen LogP contribution < -0.4 is 14.8 Å². The Labute approximate surface area is 271 Å². The minimum Gasteiger partial charge on any atom is -0.611 e. The summed E-state index contributed by atoms with van der Waals surface area (Å²) < 4.78 is 57.1. The second kappa shape index (κ2) is 17.5. The van der Waals surface area contributed by atoms with Gasteiger partial charge in [0.05, 0.1) is 24.3 Å². The standard InChI is InChI=1S/C35H39F2N3O5S/c1-4-18-40-24-38-25(3)32(40)23-46(42)31-14-10-29(11-15-31)39-34(41)17-9-28-22-27(8-16-33(28)45-35(36)37)26-6-12-30(13-7-26)44-21-20-43-19-5-2/h6-17,22,24,35H,4-5,18-21,23H2,1-3H3,(H,39,41)/b17-9+. The molecular weight excluding hydrogens is 612 g/mol. The lowest BCUT2D eigenvalue weighted by Crippen LogP contribution is -2.11. The highest BCUT2D eigenvalue weighted by Crippen LogP contribution is 2.30. The van der Waals surface area contributed by atoms with Crippen LogP contribution in [0.25, 0.3) is 17.2 Å². The van der Waals surface area contributed by atoms with Crippen LogP contribution in [0.1, 0.15) is 43.6 Å². The quantitative estimate of drug-likeness (QED) is 0.0716. The summed E-state index contributed by atoms with van der Waals surface area (Å²) in [6.07, 6.45) is 6.35. The first-order valence-electron chi connectivity index (χ1n) is 15.1. The minimum absolute atomic E-state index is 0.0582. The molecule has 4 aromatic rings. The number of aromatic nitrogens is 2. The fraction of sp³-hybridized carbons (Fsp3) is 0.314. The number of nitrogens with one attached hydrogen (secondary N) is 1. The first-order valence-corrected chi connectivity index (χ1v) is 16.5. The molecule has 4 rings (SSSR count). The lowest BCUT2D eigenvalue weighted by Gasteiger charge is -2.13. The SMILES string of the molecule is CCCOCCOc1ccc(-c2ccc(OC(F)F)c(/C=C/C(=O)Nc3ccc([S+]([O-])Cc4c(C)ncn4CCC)cc3)c2)cc1. The number of hydrogen-bond donors (Lipinski definition) is 1. The zero-order valence-corrected chi connectivity index (χ0v) is 27.0. The predicted octanol–water partition coefficient (Wildman–Crippen LogP) is 7.64. The summed E-state index contributed by atoms with van der Waals surface area (Å²) in [5.41, 5.74) is 4.19. The molecule has 8 nitrogen and oxygen atoms in total. The number of amides is 1. The van der Waals surface area contributed by atoms with Gasteiger partial charge in [-0.25, -0.2) is 4.98 Å². The van der Waals surface area contributed by atoms with E-state index in [0.717, 1.165) is 41.9 Å². The van der Waals surface area contributed by atoms with Crippen molar-refractivity contribution in [1.82, 2.24) is 9.55 Å². The molecule has 0 fully saturated rings. The molecule has 0 aliphatic carbocycles. The molecule has 1 heterocycles. The predicted molar refractivity (Wildman–Crippen MR) is 177 cm³/mol. The van der Waals surface area contributed by atoms with Crippen LogP contribution in [0.15, 0.2) is 84.0 Å². The van der Waals surface area contributed by atoms with Crippen molar-refractivity contribution in [2.24, 2.45) is 0 Å². The minimum atomic E-state index is -3.02. The number of alkyl halides is 2. The number of aryl methyl sites for hydroxylation is 2. The van der Waals surface area contributed by atoms with Crippen LogP contribution in [0.2, 0.25) is 0 Å². The van der Waals surface area contributed by atoms with Crippen molar-refractivity contribution in [2.45, 2.75) is 57.4 Å². The molecule has 1 N–H and O–H groups in total. The van der Waals surface area contributed by atoms with Crippen LogP contribution in [0.4, 0.5) is 14.5 Å². The number of hydrogen-bond acceptors (Lipinski definition) is 6. The average molecular weight is 652 g/mol. The van der Waals surface area contributed by atoms with Gasteiger partial charge in [0.25, 0.3) is 0 Å². The lowest BCUT2D eigenvalue weighted by molar-refractivity contribution is -0.111. The molecule has 3 aromatic carbocycles. The van der Waals surface area contributed by atoms with Crippen molar-refractivity contribution in [3.63, 3.8) is 0 Å². The summed E-state index contributed by atoms with van der Waals surface area (Å²) in [5.74, 6) is 0.504. The lowest BCUT2D eigenvalue weighted by atomic mass is 10.0. The summed E-state index contributed by atoms with van der Waals surface area (Å²) in [6, 6.07) is 18.9. The van der Waals surface area contributed by atoms with Crippen LogP contribution in [-0.4, -0.2) is 46.4 Å². The van der Waals surface area contributed by atoms with Gasteiger partial charge in [0, 0.05) is 30.5 Å². The number of imidazole rings is 1. The first-order chi connectivity index (χ1) is 22.3. The number of halogens is 2. The Morgan fingerprint density at radius 2 is 1.74 bits per heavy atom. The summed E-state index contributed by atoms with van der Waals surface area (Å²) in [7, 11) is 0. The Morgan fingerprint density at radius 1 is 1.00 bits per heavy atom. The highest BCUT2D eigenvalue weighted by molar-refractivity contribution is 7.90. The second-order valence-electron chi connectivity index (χ2n) is 10.4. The molecule has 1 aromatic heterocycles. The molecule has 1 amide bonds. The Hall–Kier alpha value is -4.19. The number of nitrogens with zero attached hydrogens (tertiary/aromatic N) is 2. The summed E-state index contributed by atoms with van der Waals surface area (Å²) >= 11 is -1.29. The van der Waals surface area contributed by atoms with Crippen LogP contribution in [0, 0.1) is 6.92 Å². The van der Waals surface area contributed by atoms with E-state index < -0.39 is 23.7 Å². The molecule has 0 spiro atoms. The average Bonchev–Trinajstić information content (AvgIpc) is 3.39. The fourth-order valence-electron chi connectivity index (χ4n) is 4.65. The highest BCUT2D eigenvalue weighted by Gasteiger charge is 2.18. The van der Waals surface area contributed by atoms with Gasteiger partial charge in [0.1, 0.15) is 18.1 Å². The van der Waals surface area contributed by atoms with E-state index in [1.165, 1.54) is 18.2 Å². The van der Waals surface area contributed by atoms with E-state index in [0.29, 0.717) is 47.5 Å². The maximum Gasteiger partial charge on any atom is 0.387 e. The van der Waals surface area contributed by atoms with Gasteiger partial charge in [-0.05, 0) is 96.7 Å². The summed E-state index contributed by atoms with van der Waals surface area (Å²) in [6.45, 7) is 5.44. The third-order valence-electron chi connectivity index (χ3n) is 6.94. The van der Waals surface area contributed by atoms with E-state index >= 15 is 0 Å². The zero-order chi connectivity index (χ0) is 32.9. The number of ether oxygens (including phenoxy) is 3. The molecule has 11 heteroatoms. The topological polar surface area (TPSA) is 97.7 Å². The molecule has 1 unspecified atom stereocenters. The summed E-state index contributed by atoms with van der Waals surface area (Å²) in [5, 5.41) is 2.75. The van der Waals surface area contributed by atoms with Crippen LogP contribution in [0.3, 0.4) is 0 Å². The van der Waals surface area contributed by atoms with Gasteiger partial charge < -0.3 is 28.6 Å². The van der Waals surface area contributed by atoms with E-state index in [-0.39, 0.29) is 5.75 Å². The number of anilines is 1. The van der Waals surface area contributed by atoms with Crippen molar-refractivity contribution in [3.8, 4) is 22.6 Å². The van der Waals surface area contributed by atoms with Crippen molar-refractivity contribution >= 4 is 28.8 Å². The Morgan fingerprint density at radius 3 is 2.43 bits per heavy atom. The third-order valence-corrected chi connectivity index (χ3v) is 8.28. The molecule has 0 saturated carbocycles. The van der Waals surface area contributed by atoms with Crippen molar-refractivity contribution in [1.29, 1.82) is 0 Å². The first kappa shape index (κ1) is 34.7. The number of carbonyl (C=O) groups is 1. The van der Waals surface area contributed by atoms with Gasteiger partial charge in [-0.15, -0.1) is 0 Å². The second-order valence-corrected chi connectivity index (χ2v) is 11.9. The number of benzene rings is 3. The smallest absolute Gasteiger partial charge is 0.387 e. The molecule has 1 atom stereocenters. The van der Waals surface area contributed by atoms with Gasteiger partial charge in [-0.3, -0.25) is 4.79 Å². The maximum absolute atomic E-state index is 13.1. The molecular formula is C35H39F2N3O5S. The van der Waals surface area contributed by atoms with Gasteiger partial charge in [-0.2, -0.15) is 8.78 Å². The molecule has 0 aliphatic rings. The Kier molecular flexibility index (Phi) is 13.2. The monoisotopic (exact) mass is 651 g/mol. The molecule has 46 heavy (non-hydrogen) atoms. The van der Waals surface area contributed by atoms with Crippen molar-refractivity contribution in [3.05, 3.63) is 96.1 Å². The van der Waals surface area contributed by atoms with E-state index in [1.54, 1.807) is 42.7 Å². The van der Waals surface area contributed by atoms with Crippen LogP contribution in [-0.2, 0) is 33.0 Å². The normalized spacial score (nSPS) is 12.1. The fourth-order valence-corrected chi connectivity index (χ4v) is 5.88. The Bertz CT molecular complexity index is 1580. The van der Waals surface area contributed by atoms with Crippen molar-refractivity contribution < 1.29 is 32.3 Å². The van der Waals surface area contributed by atoms with Gasteiger partial charge in [0.15, 0.2) is 10.6 Å². The molecule has 0 bridgehead atoms. The molecule has 244 valence electrons. The van der Waals surface area contributed by atoms with Crippen LogP contribution in [0.5, 0.6) is 11.5 Å². The van der Waals surface area contributed by atoms with E-state index in [9.17, 15) is 18.1 Å². The molecule has 0 radical (unpaired) electrons. The van der Waals surface area contributed by atoms with Gasteiger partial charge in [-0.1, -0.05) is 32.0 Å². The molecule has 0 aliphatic heterocycles. The van der Waals surface area contributed by atoms with Gasteiger partial charge >= 0.3 is 6.61 Å². The maximum atomic E-state index is 13.1. The largest absolute Gasteiger partial charge is 0.611 e. The van der Waals surface area contributed by atoms with E-state index in [4.69, 9.17) is 14.2 Å². The van der Waals surface area contributed by atoms with Crippen molar-refractivity contribution in [2.75, 3.05) is 25.1 Å². The number of carbonyl (C=O) groups excluding carboxylic acids is 1. The zero-order valence-electron chi connectivity index (χ0n) is 26.2.